The number of hydrogen-bond acceptors (Lipinski definition) is 7. The van der Waals surface area contributed by atoms with Gasteiger partial charge in [-0.3, -0.25) is 0 Å². The van der Waals surface area contributed by atoms with Crippen molar-refractivity contribution in [3.8, 4) is 5.75 Å². The van der Waals surface area contributed by atoms with Crippen molar-refractivity contribution >= 4 is 34.3 Å². The smallest absolute Gasteiger partial charge is 0.223 e. The second-order valence-corrected chi connectivity index (χ2v) is 8.09. The summed E-state index contributed by atoms with van der Waals surface area (Å²) in [5.41, 5.74) is 17.7. The third-order valence-electron chi connectivity index (χ3n) is 6.22. The SMILES string of the molecule is COc1cccc2c1CC(c1cnc(N)c3cnc(N[C@@H]4CCCC[C@@H]4N)nc13)=C2. The van der Waals surface area contributed by atoms with Gasteiger partial charge in [0.25, 0.3) is 0 Å². The molecule has 2 aliphatic rings. The van der Waals surface area contributed by atoms with E-state index >= 15 is 0 Å². The van der Waals surface area contributed by atoms with E-state index in [-0.39, 0.29) is 12.1 Å². The van der Waals surface area contributed by atoms with E-state index in [1.165, 1.54) is 18.4 Å². The number of benzene rings is 1. The van der Waals surface area contributed by atoms with Gasteiger partial charge in [-0.2, -0.15) is 0 Å². The summed E-state index contributed by atoms with van der Waals surface area (Å²) in [7, 11) is 1.70. The molecule has 0 aliphatic heterocycles. The highest BCUT2D eigenvalue weighted by atomic mass is 16.5. The molecule has 154 valence electrons. The Balaban J connectivity index is 1.53. The molecule has 3 aromatic rings. The Morgan fingerprint density at radius 2 is 2.00 bits per heavy atom. The van der Waals surface area contributed by atoms with Crippen molar-refractivity contribution in [2.75, 3.05) is 18.2 Å². The van der Waals surface area contributed by atoms with Gasteiger partial charge in [0, 0.05) is 42.0 Å². The number of hydrogen-bond donors (Lipinski definition) is 3. The minimum atomic E-state index is 0.125. The van der Waals surface area contributed by atoms with Crippen LogP contribution in [0.25, 0.3) is 22.6 Å². The van der Waals surface area contributed by atoms with Gasteiger partial charge in [0.1, 0.15) is 11.6 Å². The first kappa shape index (κ1) is 18.8. The lowest BCUT2D eigenvalue weighted by Crippen LogP contribution is -2.42. The highest BCUT2D eigenvalue weighted by Gasteiger charge is 2.24. The van der Waals surface area contributed by atoms with Crippen molar-refractivity contribution in [3.05, 3.63) is 47.3 Å². The summed E-state index contributed by atoms with van der Waals surface area (Å²) in [6.45, 7) is 0. The fourth-order valence-electron chi connectivity index (χ4n) is 4.55. The van der Waals surface area contributed by atoms with Crippen LogP contribution in [0.15, 0.2) is 30.6 Å². The van der Waals surface area contributed by atoms with Crippen LogP contribution in [-0.4, -0.2) is 34.1 Å². The molecule has 5 rings (SSSR count). The van der Waals surface area contributed by atoms with Crippen molar-refractivity contribution in [1.82, 2.24) is 15.0 Å². The third kappa shape index (κ3) is 3.25. The number of allylic oxidation sites excluding steroid dienone is 1. The van der Waals surface area contributed by atoms with Crippen LogP contribution in [0.5, 0.6) is 5.75 Å². The average Bonchev–Trinajstić information content (AvgIpc) is 3.20. The molecule has 0 amide bonds. The Bertz CT molecular complexity index is 1140. The largest absolute Gasteiger partial charge is 0.496 e. The fraction of sp³-hybridized carbons (Fsp3) is 0.348. The summed E-state index contributed by atoms with van der Waals surface area (Å²) >= 11 is 0. The summed E-state index contributed by atoms with van der Waals surface area (Å²) in [6.07, 6.45) is 10.9. The standard InChI is InChI=1S/C23H26N6O/c1-30-20-8-4-5-13-9-14(10-15(13)20)16-11-26-22(25)17-12-27-23(29-21(16)17)28-19-7-3-2-6-18(19)24/h4-5,8-9,11-12,18-19H,2-3,6-7,10,24H2,1H3,(H2,25,26)(H,27,28,29)/t18-,19+/m0/s1. The lowest BCUT2D eigenvalue weighted by atomic mass is 9.91. The number of pyridine rings is 1. The minimum absolute atomic E-state index is 0.125. The van der Waals surface area contributed by atoms with Gasteiger partial charge >= 0.3 is 0 Å². The first-order valence-electron chi connectivity index (χ1n) is 10.4. The summed E-state index contributed by atoms with van der Waals surface area (Å²) in [4.78, 5) is 13.7. The van der Waals surface area contributed by atoms with Gasteiger partial charge < -0.3 is 21.5 Å². The predicted octanol–water partition coefficient (Wildman–Crippen LogP) is 3.39. The molecule has 2 aliphatic carbocycles. The molecule has 2 atom stereocenters. The number of aromatic nitrogens is 3. The second kappa shape index (κ2) is 7.57. The van der Waals surface area contributed by atoms with E-state index in [1.807, 2.05) is 18.3 Å². The number of anilines is 2. The van der Waals surface area contributed by atoms with Crippen LogP contribution in [0.2, 0.25) is 0 Å². The van der Waals surface area contributed by atoms with E-state index in [0.29, 0.717) is 11.8 Å². The Hall–Kier alpha value is -3.19. The van der Waals surface area contributed by atoms with Crippen molar-refractivity contribution < 1.29 is 4.74 Å². The van der Waals surface area contributed by atoms with Crippen molar-refractivity contribution in [1.29, 1.82) is 0 Å². The molecular formula is C23H26N6O. The zero-order valence-corrected chi connectivity index (χ0v) is 17.1. The summed E-state index contributed by atoms with van der Waals surface area (Å²) in [5.74, 6) is 1.92. The van der Waals surface area contributed by atoms with Crippen molar-refractivity contribution in [2.24, 2.45) is 5.73 Å². The number of ether oxygens (including phenoxy) is 1. The Kier molecular flexibility index (Phi) is 4.75. The van der Waals surface area contributed by atoms with Gasteiger partial charge in [-0.1, -0.05) is 31.1 Å². The van der Waals surface area contributed by atoms with E-state index in [0.717, 1.165) is 52.6 Å². The molecule has 1 saturated carbocycles. The van der Waals surface area contributed by atoms with E-state index in [4.69, 9.17) is 21.2 Å². The average molecular weight is 403 g/mol. The molecule has 1 aromatic carbocycles. The first-order chi connectivity index (χ1) is 14.6. The van der Waals surface area contributed by atoms with Crippen LogP contribution in [0.1, 0.15) is 42.4 Å². The summed E-state index contributed by atoms with van der Waals surface area (Å²) < 4.78 is 5.55. The van der Waals surface area contributed by atoms with Gasteiger partial charge in [-0.05, 0) is 30.0 Å². The molecule has 30 heavy (non-hydrogen) atoms. The Morgan fingerprint density at radius 1 is 1.13 bits per heavy atom. The zero-order valence-electron chi connectivity index (χ0n) is 17.1. The maximum absolute atomic E-state index is 6.30. The van der Waals surface area contributed by atoms with Crippen LogP contribution in [-0.2, 0) is 6.42 Å². The van der Waals surface area contributed by atoms with Crippen molar-refractivity contribution in [2.45, 2.75) is 44.2 Å². The molecule has 2 aromatic heterocycles. The van der Waals surface area contributed by atoms with Gasteiger partial charge in [0.15, 0.2) is 0 Å². The zero-order chi connectivity index (χ0) is 20.7. The van der Waals surface area contributed by atoms with Crippen LogP contribution < -0.4 is 21.5 Å². The first-order valence-corrected chi connectivity index (χ1v) is 10.4. The molecular weight excluding hydrogens is 376 g/mol. The van der Waals surface area contributed by atoms with Crippen molar-refractivity contribution in [3.63, 3.8) is 0 Å². The van der Waals surface area contributed by atoms with Crippen LogP contribution in [0.4, 0.5) is 11.8 Å². The van der Waals surface area contributed by atoms with Gasteiger partial charge in [-0.15, -0.1) is 0 Å². The van der Waals surface area contributed by atoms with Crippen LogP contribution in [0.3, 0.4) is 0 Å². The number of nitrogens with two attached hydrogens (primary N) is 2. The molecule has 0 saturated heterocycles. The summed E-state index contributed by atoms with van der Waals surface area (Å²) in [6, 6.07) is 6.42. The monoisotopic (exact) mass is 402 g/mol. The number of methoxy groups -OCH3 is 1. The fourth-order valence-corrected chi connectivity index (χ4v) is 4.55. The Morgan fingerprint density at radius 3 is 2.83 bits per heavy atom. The lowest BCUT2D eigenvalue weighted by Gasteiger charge is -2.29. The molecule has 0 unspecified atom stereocenters. The van der Waals surface area contributed by atoms with Gasteiger partial charge in [0.05, 0.1) is 18.0 Å². The van der Waals surface area contributed by atoms with Crippen LogP contribution >= 0.6 is 0 Å². The Labute approximate surface area is 175 Å². The predicted molar refractivity (Wildman–Crippen MR) is 120 cm³/mol. The number of fused-ring (bicyclic) bond motifs is 2. The van der Waals surface area contributed by atoms with E-state index in [2.05, 4.69) is 27.4 Å². The van der Waals surface area contributed by atoms with E-state index in [1.54, 1.807) is 13.3 Å². The molecule has 0 bridgehead atoms. The summed E-state index contributed by atoms with van der Waals surface area (Å²) in [5, 5.41) is 4.21. The van der Waals surface area contributed by atoms with E-state index in [9.17, 15) is 0 Å². The molecule has 7 nitrogen and oxygen atoms in total. The van der Waals surface area contributed by atoms with Gasteiger partial charge in [-0.25, -0.2) is 15.0 Å². The highest BCUT2D eigenvalue weighted by molar-refractivity contribution is 6.01. The number of nitrogens with one attached hydrogen (secondary N) is 1. The number of nitrogen functional groups attached to an aromatic ring is 1. The topological polar surface area (TPSA) is 112 Å². The third-order valence-corrected chi connectivity index (χ3v) is 6.22. The maximum Gasteiger partial charge on any atom is 0.223 e. The maximum atomic E-state index is 6.30. The normalized spacial score (nSPS) is 20.7. The molecule has 1 fully saturated rings. The second-order valence-electron chi connectivity index (χ2n) is 8.09. The quantitative estimate of drug-likeness (QED) is 0.613. The number of rotatable bonds is 4. The molecule has 2 heterocycles. The van der Waals surface area contributed by atoms with Crippen LogP contribution in [0, 0.1) is 0 Å². The number of nitrogens with zero attached hydrogens (tertiary/aromatic N) is 3. The molecule has 5 N–H and O–H groups in total. The lowest BCUT2D eigenvalue weighted by molar-refractivity contribution is 0.402. The highest BCUT2D eigenvalue weighted by Crippen LogP contribution is 2.39. The minimum Gasteiger partial charge on any atom is -0.496 e. The van der Waals surface area contributed by atoms with E-state index < -0.39 is 0 Å². The molecule has 0 spiro atoms. The molecule has 0 radical (unpaired) electrons. The molecule has 7 heteroatoms. The van der Waals surface area contributed by atoms with Gasteiger partial charge in [0.2, 0.25) is 5.95 Å².